The van der Waals surface area contributed by atoms with Gasteiger partial charge in [-0.1, -0.05) is 6.42 Å². The van der Waals surface area contributed by atoms with Crippen molar-refractivity contribution >= 4 is 5.97 Å². The highest BCUT2D eigenvalue weighted by Crippen LogP contribution is 2.19. The summed E-state index contributed by atoms with van der Waals surface area (Å²) in [6, 6.07) is -1.78. The molecule has 124 valence electrons. The molecule has 1 saturated heterocycles. The summed E-state index contributed by atoms with van der Waals surface area (Å²) in [7, 11) is 0. The second kappa shape index (κ2) is 8.59. The highest BCUT2D eigenvalue weighted by atomic mass is 16.6. The van der Waals surface area contributed by atoms with E-state index in [0.29, 0.717) is 25.8 Å². The van der Waals surface area contributed by atoms with Crippen molar-refractivity contribution in [3.63, 3.8) is 0 Å². The summed E-state index contributed by atoms with van der Waals surface area (Å²) in [5.74, 6) is -1.05. The van der Waals surface area contributed by atoms with Crippen LogP contribution in [0.2, 0.25) is 0 Å². The van der Waals surface area contributed by atoms with E-state index in [-0.39, 0.29) is 0 Å². The zero-order valence-electron chi connectivity index (χ0n) is 11.6. The number of carboxylic acids is 1. The van der Waals surface area contributed by atoms with Crippen LogP contribution in [-0.2, 0) is 9.53 Å². The Kier molecular flexibility index (Phi) is 7.46. The zero-order chi connectivity index (χ0) is 16.0. The van der Waals surface area contributed by atoms with Gasteiger partial charge in [0.2, 0.25) is 0 Å². The Hall–Kier alpha value is -0.810. The van der Waals surface area contributed by atoms with Gasteiger partial charge in [-0.05, 0) is 19.4 Å². The summed E-state index contributed by atoms with van der Waals surface area (Å²) in [6.07, 6.45) is -3.44. The Morgan fingerprint density at radius 2 is 1.90 bits per heavy atom. The lowest BCUT2D eigenvalue weighted by molar-refractivity contribution is -0.254. The molecule has 1 rings (SSSR count). The molecule has 9 nitrogen and oxygen atoms in total. The molecule has 0 aromatic rings. The number of nitrogens with two attached hydrogens (primary N) is 1. The zero-order valence-corrected chi connectivity index (χ0v) is 11.6. The van der Waals surface area contributed by atoms with Gasteiger partial charge >= 0.3 is 5.97 Å². The average Bonchev–Trinajstić information content (AvgIpc) is 2.45. The Bertz CT molecular complexity index is 331. The van der Waals surface area contributed by atoms with Gasteiger partial charge in [-0.25, -0.2) is 0 Å². The lowest BCUT2D eigenvalue weighted by Crippen LogP contribution is -2.63. The van der Waals surface area contributed by atoms with E-state index >= 15 is 0 Å². The summed E-state index contributed by atoms with van der Waals surface area (Å²) in [5, 5.41) is 49.7. The number of aliphatic hydroxyl groups is 4. The average molecular weight is 308 g/mol. The number of rotatable bonds is 8. The molecule has 0 unspecified atom stereocenters. The number of unbranched alkanes of at least 4 members (excludes halogenated alkanes) is 1. The first kappa shape index (κ1) is 18.2. The maximum absolute atomic E-state index is 10.5. The van der Waals surface area contributed by atoms with E-state index < -0.39 is 49.3 Å². The summed E-state index contributed by atoms with van der Waals surface area (Å²) in [4.78, 5) is 10.5. The third-order valence-electron chi connectivity index (χ3n) is 3.54. The van der Waals surface area contributed by atoms with Crippen molar-refractivity contribution < 1.29 is 35.1 Å². The molecule has 0 aromatic heterocycles. The van der Waals surface area contributed by atoms with Crippen LogP contribution in [-0.4, -0.2) is 81.3 Å². The Morgan fingerprint density at radius 1 is 1.24 bits per heavy atom. The molecule has 1 heterocycles. The van der Waals surface area contributed by atoms with Crippen LogP contribution in [0, 0.1) is 0 Å². The fraction of sp³-hybridized carbons (Fsp3) is 0.917. The van der Waals surface area contributed by atoms with E-state index in [9.17, 15) is 20.1 Å². The SMILES string of the molecule is N[C@@H](CCCCN[C@@H]1[C@@H](O)[C@H](O)[C@@H](CO)O[C@H]1O)C(=O)O. The number of hydrogen-bond acceptors (Lipinski definition) is 8. The Balaban J connectivity index is 2.29. The van der Waals surface area contributed by atoms with Gasteiger partial charge in [0.25, 0.3) is 0 Å². The molecule has 0 saturated carbocycles. The standard InChI is InChI=1S/C12H24N2O7/c13-6(11(18)19)3-1-2-4-14-8-10(17)9(16)7(5-15)21-12(8)20/h6-10,12,14-17,20H,1-5,13H2,(H,18,19)/t6-,7+,8+,9+,10+,12+/m0/s1. The summed E-state index contributed by atoms with van der Waals surface area (Å²) in [6.45, 7) is -0.111. The van der Waals surface area contributed by atoms with Crippen LogP contribution in [0.1, 0.15) is 19.3 Å². The molecule has 9 heteroatoms. The molecule has 8 N–H and O–H groups in total. The number of carbonyl (C=O) groups is 1. The number of hydrogen-bond donors (Lipinski definition) is 7. The van der Waals surface area contributed by atoms with Crippen LogP contribution in [0.4, 0.5) is 0 Å². The first-order valence-corrected chi connectivity index (χ1v) is 6.90. The summed E-state index contributed by atoms with van der Waals surface area (Å²) in [5.41, 5.74) is 5.36. The van der Waals surface area contributed by atoms with E-state index in [2.05, 4.69) is 5.32 Å². The van der Waals surface area contributed by atoms with Crippen molar-refractivity contribution in [2.45, 2.75) is 55.9 Å². The Labute approximate surface area is 122 Å². The van der Waals surface area contributed by atoms with Crippen LogP contribution in [0.5, 0.6) is 0 Å². The molecule has 0 bridgehead atoms. The van der Waals surface area contributed by atoms with E-state index in [1.807, 2.05) is 0 Å². The number of aliphatic carboxylic acids is 1. The quantitative estimate of drug-likeness (QED) is 0.231. The van der Waals surface area contributed by atoms with Gasteiger partial charge in [0.05, 0.1) is 12.6 Å². The summed E-state index contributed by atoms with van der Waals surface area (Å²) >= 11 is 0. The fourth-order valence-electron chi connectivity index (χ4n) is 2.20. The molecule has 0 spiro atoms. The minimum atomic E-state index is -1.35. The van der Waals surface area contributed by atoms with Crippen molar-refractivity contribution in [3.8, 4) is 0 Å². The normalized spacial score (nSPS) is 34.6. The predicted molar refractivity (Wildman–Crippen MR) is 71.2 cm³/mol. The molecule has 1 aliphatic heterocycles. The number of ether oxygens (including phenoxy) is 1. The highest BCUT2D eigenvalue weighted by molar-refractivity contribution is 5.72. The summed E-state index contributed by atoms with van der Waals surface area (Å²) < 4.78 is 4.99. The van der Waals surface area contributed by atoms with E-state index in [0.717, 1.165) is 0 Å². The third-order valence-corrected chi connectivity index (χ3v) is 3.54. The number of nitrogens with one attached hydrogen (secondary N) is 1. The molecule has 6 atom stereocenters. The topological polar surface area (TPSA) is 166 Å². The van der Waals surface area contributed by atoms with E-state index in [1.54, 1.807) is 0 Å². The van der Waals surface area contributed by atoms with Gasteiger partial charge in [-0.15, -0.1) is 0 Å². The maximum Gasteiger partial charge on any atom is 0.320 e. The lowest BCUT2D eigenvalue weighted by Gasteiger charge is -2.40. The largest absolute Gasteiger partial charge is 0.480 e. The Morgan fingerprint density at radius 3 is 2.48 bits per heavy atom. The maximum atomic E-state index is 10.5. The van der Waals surface area contributed by atoms with Crippen molar-refractivity contribution in [1.29, 1.82) is 0 Å². The number of aliphatic hydroxyl groups excluding tert-OH is 4. The predicted octanol–water partition coefficient (Wildman–Crippen LogP) is -3.04. The van der Waals surface area contributed by atoms with Crippen molar-refractivity contribution in [2.24, 2.45) is 5.73 Å². The minimum absolute atomic E-state index is 0.332. The molecule has 21 heavy (non-hydrogen) atoms. The third kappa shape index (κ3) is 5.15. The first-order chi connectivity index (χ1) is 9.88. The monoisotopic (exact) mass is 308 g/mol. The lowest BCUT2D eigenvalue weighted by atomic mass is 9.97. The molecule has 1 aliphatic rings. The van der Waals surface area contributed by atoms with Crippen LogP contribution in [0.3, 0.4) is 0 Å². The van der Waals surface area contributed by atoms with Gasteiger partial charge in [0.1, 0.15) is 24.4 Å². The molecule has 0 aromatic carbocycles. The van der Waals surface area contributed by atoms with Gasteiger partial charge in [-0.3, -0.25) is 4.79 Å². The van der Waals surface area contributed by atoms with Gasteiger partial charge < -0.3 is 41.3 Å². The molecular weight excluding hydrogens is 284 g/mol. The first-order valence-electron chi connectivity index (χ1n) is 6.90. The van der Waals surface area contributed by atoms with Crippen LogP contribution >= 0.6 is 0 Å². The second-order valence-electron chi connectivity index (χ2n) is 5.15. The van der Waals surface area contributed by atoms with Gasteiger partial charge in [0.15, 0.2) is 6.29 Å². The smallest absolute Gasteiger partial charge is 0.320 e. The van der Waals surface area contributed by atoms with Gasteiger partial charge in [-0.2, -0.15) is 0 Å². The molecule has 1 fully saturated rings. The van der Waals surface area contributed by atoms with Crippen LogP contribution in [0.25, 0.3) is 0 Å². The van der Waals surface area contributed by atoms with E-state index in [4.69, 9.17) is 20.7 Å². The van der Waals surface area contributed by atoms with Crippen molar-refractivity contribution in [1.82, 2.24) is 5.32 Å². The van der Waals surface area contributed by atoms with Crippen molar-refractivity contribution in [3.05, 3.63) is 0 Å². The van der Waals surface area contributed by atoms with Gasteiger partial charge in [0, 0.05) is 0 Å². The van der Waals surface area contributed by atoms with Crippen molar-refractivity contribution in [2.75, 3.05) is 13.2 Å². The molecule has 0 aliphatic carbocycles. The van der Waals surface area contributed by atoms with Crippen LogP contribution < -0.4 is 11.1 Å². The second-order valence-corrected chi connectivity index (χ2v) is 5.15. The molecule has 0 radical (unpaired) electrons. The highest BCUT2D eigenvalue weighted by Gasteiger charge is 2.43. The van der Waals surface area contributed by atoms with E-state index in [1.165, 1.54) is 0 Å². The number of carboxylic acid groups (broad SMARTS) is 1. The fourth-order valence-corrected chi connectivity index (χ4v) is 2.20. The molecule has 0 amide bonds. The molecular formula is C12H24N2O7. The minimum Gasteiger partial charge on any atom is -0.480 e. The van der Waals surface area contributed by atoms with Crippen LogP contribution in [0.15, 0.2) is 0 Å².